The Balaban J connectivity index is 1.74. The van der Waals surface area contributed by atoms with Crippen molar-refractivity contribution in [2.45, 2.75) is 83.4 Å². The summed E-state index contributed by atoms with van der Waals surface area (Å²) in [5, 5.41) is 3.87. The Kier molecular flexibility index (Phi) is 5.30. The van der Waals surface area contributed by atoms with Gasteiger partial charge in [0.15, 0.2) is 0 Å². The zero-order valence-electron chi connectivity index (χ0n) is 11.6. The van der Waals surface area contributed by atoms with Gasteiger partial charge in [-0.05, 0) is 44.9 Å². The van der Waals surface area contributed by atoms with Gasteiger partial charge >= 0.3 is 0 Å². The quantitative estimate of drug-likeness (QED) is 0.810. The topological polar surface area (TPSA) is 21.3 Å². The van der Waals surface area contributed by atoms with Gasteiger partial charge in [0.05, 0.1) is 6.10 Å². The molecule has 0 radical (unpaired) electrons. The Labute approximate surface area is 107 Å². The molecule has 2 aliphatic rings. The highest BCUT2D eigenvalue weighted by Gasteiger charge is 2.26. The molecule has 0 aromatic carbocycles. The molecule has 1 aliphatic heterocycles. The molecule has 0 aromatic rings. The normalized spacial score (nSPS) is 33.5. The molecular weight excluding hydrogens is 210 g/mol. The first kappa shape index (κ1) is 13.4. The van der Waals surface area contributed by atoms with E-state index in [-0.39, 0.29) is 0 Å². The van der Waals surface area contributed by atoms with Crippen molar-refractivity contribution in [1.82, 2.24) is 5.32 Å². The van der Waals surface area contributed by atoms with Gasteiger partial charge in [-0.2, -0.15) is 0 Å². The first-order chi connectivity index (χ1) is 8.29. The van der Waals surface area contributed by atoms with Crippen LogP contribution in [0.15, 0.2) is 0 Å². The van der Waals surface area contributed by atoms with E-state index >= 15 is 0 Å². The third kappa shape index (κ3) is 3.96. The summed E-state index contributed by atoms with van der Waals surface area (Å²) in [6.45, 7) is 5.58. The highest BCUT2D eigenvalue weighted by molar-refractivity contribution is 4.82. The molecule has 3 atom stereocenters. The second kappa shape index (κ2) is 6.75. The molecule has 0 bridgehead atoms. The number of hydrogen-bond acceptors (Lipinski definition) is 2. The van der Waals surface area contributed by atoms with E-state index in [0.29, 0.717) is 18.2 Å². The van der Waals surface area contributed by atoms with Crippen LogP contribution in [0.25, 0.3) is 0 Å². The third-order valence-corrected chi connectivity index (χ3v) is 4.68. The van der Waals surface area contributed by atoms with E-state index in [1.54, 1.807) is 0 Å². The van der Waals surface area contributed by atoms with Crippen molar-refractivity contribution in [2.24, 2.45) is 5.92 Å². The summed E-state index contributed by atoms with van der Waals surface area (Å²) in [5.74, 6) is 0.923. The molecule has 100 valence electrons. The highest BCUT2D eigenvalue weighted by atomic mass is 16.5. The van der Waals surface area contributed by atoms with Crippen LogP contribution < -0.4 is 5.32 Å². The fourth-order valence-corrected chi connectivity index (χ4v) is 3.46. The fraction of sp³-hybridized carbons (Fsp3) is 1.00. The minimum Gasteiger partial charge on any atom is -0.378 e. The monoisotopic (exact) mass is 239 g/mol. The predicted octanol–water partition coefficient (Wildman–Crippen LogP) is 3.50. The molecular formula is C15H29NO. The summed E-state index contributed by atoms with van der Waals surface area (Å²) < 4.78 is 5.74. The van der Waals surface area contributed by atoms with Crippen LogP contribution in [0.4, 0.5) is 0 Å². The summed E-state index contributed by atoms with van der Waals surface area (Å²) >= 11 is 0. The largest absolute Gasteiger partial charge is 0.378 e. The molecule has 17 heavy (non-hydrogen) atoms. The number of hydrogen-bond donors (Lipinski definition) is 1. The molecule has 2 fully saturated rings. The zero-order valence-corrected chi connectivity index (χ0v) is 11.6. The smallest absolute Gasteiger partial charge is 0.0587 e. The van der Waals surface area contributed by atoms with Gasteiger partial charge in [0.2, 0.25) is 0 Å². The minimum absolute atomic E-state index is 0.500. The Morgan fingerprint density at radius 1 is 1.18 bits per heavy atom. The molecule has 1 saturated carbocycles. The molecule has 2 rings (SSSR count). The average Bonchev–Trinajstić information content (AvgIpc) is 2.40. The van der Waals surface area contributed by atoms with Crippen molar-refractivity contribution >= 4 is 0 Å². The van der Waals surface area contributed by atoms with Crippen molar-refractivity contribution in [2.75, 3.05) is 6.61 Å². The molecule has 0 aromatic heterocycles. The first-order valence-electron chi connectivity index (χ1n) is 7.67. The third-order valence-electron chi connectivity index (χ3n) is 4.68. The van der Waals surface area contributed by atoms with Gasteiger partial charge in [-0.25, -0.2) is 0 Å². The summed E-state index contributed by atoms with van der Waals surface area (Å²) in [6, 6.07) is 1.40. The lowest BCUT2D eigenvalue weighted by atomic mass is 9.84. The SMILES string of the molecule is CCC1CC(NC(C)C2CCCCC2)CCO1. The van der Waals surface area contributed by atoms with Crippen molar-refractivity contribution in [3.05, 3.63) is 0 Å². The van der Waals surface area contributed by atoms with Gasteiger partial charge < -0.3 is 10.1 Å². The summed E-state index contributed by atoms with van der Waals surface area (Å²) in [4.78, 5) is 0. The molecule has 0 amide bonds. The van der Waals surface area contributed by atoms with Crippen LogP contribution in [0.2, 0.25) is 0 Å². The molecule has 2 nitrogen and oxygen atoms in total. The first-order valence-corrected chi connectivity index (χ1v) is 7.67. The van der Waals surface area contributed by atoms with E-state index in [1.807, 2.05) is 0 Å². The van der Waals surface area contributed by atoms with Crippen molar-refractivity contribution in [3.63, 3.8) is 0 Å². The molecule has 1 aliphatic carbocycles. The molecule has 2 heteroatoms. The van der Waals surface area contributed by atoms with Crippen LogP contribution in [0.5, 0.6) is 0 Å². The fourth-order valence-electron chi connectivity index (χ4n) is 3.46. The van der Waals surface area contributed by atoms with Gasteiger partial charge in [-0.3, -0.25) is 0 Å². The van der Waals surface area contributed by atoms with Crippen LogP contribution in [-0.4, -0.2) is 24.8 Å². The van der Waals surface area contributed by atoms with Crippen molar-refractivity contribution < 1.29 is 4.74 Å². The number of ether oxygens (including phenoxy) is 1. The molecule has 1 N–H and O–H groups in total. The van der Waals surface area contributed by atoms with Gasteiger partial charge in [-0.1, -0.05) is 26.2 Å². The van der Waals surface area contributed by atoms with E-state index in [9.17, 15) is 0 Å². The maximum atomic E-state index is 5.74. The zero-order chi connectivity index (χ0) is 12.1. The Morgan fingerprint density at radius 2 is 1.94 bits per heavy atom. The number of rotatable bonds is 4. The maximum Gasteiger partial charge on any atom is 0.0587 e. The summed E-state index contributed by atoms with van der Waals surface area (Å²) in [6.07, 6.45) is 11.3. The van der Waals surface area contributed by atoms with Crippen LogP contribution >= 0.6 is 0 Å². The molecule has 3 unspecified atom stereocenters. The lowest BCUT2D eigenvalue weighted by Gasteiger charge is -2.35. The van der Waals surface area contributed by atoms with E-state index < -0.39 is 0 Å². The van der Waals surface area contributed by atoms with Gasteiger partial charge in [0.25, 0.3) is 0 Å². The van der Waals surface area contributed by atoms with E-state index in [1.165, 1.54) is 44.9 Å². The van der Waals surface area contributed by atoms with Gasteiger partial charge in [-0.15, -0.1) is 0 Å². The van der Waals surface area contributed by atoms with Crippen LogP contribution in [0.1, 0.15) is 65.2 Å². The lowest BCUT2D eigenvalue weighted by Crippen LogP contribution is -2.46. The molecule has 0 spiro atoms. The van der Waals surface area contributed by atoms with Crippen LogP contribution in [0, 0.1) is 5.92 Å². The second-order valence-electron chi connectivity index (χ2n) is 5.98. The predicted molar refractivity (Wildman–Crippen MR) is 72.2 cm³/mol. The van der Waals surface area contributed by atoms with Gasteiger partial charge in [0, 0.05) is 18.7 Å². The van der Waals surface area contributed by atoms with Crippen LogP contribution in [0.3, 0.4) is 0 Å². The van der Waals surface area contributed by atoms with Gasteiger partial charge in [0.1, 0.15) is 0 Å². The highest BCUT2D eigenvalue weighted by Crippen LogP contribution is 2.27. The van der Waals surface area contributed by atoms with E-state index in [0.717, 1.165) is 18.9 Å². The maximum absolute atomic E-state index is 5.74. The Morgan fingerprint density at radius 3 is 2.65 bits per heavy atom. The van der Waals surface area contributed by atoms with E-state index in [4.69, 9.17) is 4.74 Å². The summed E-state index contributed by atoms with van der Waals surface area (Å²) in [5.41, 5.74) is 0. The molecule has 1 heterocycles. The standard InChI is InChI=1S/C15H29NO/c1-3-15-11-14(9-10-17-15)16-12(2)13-7-5-4-6-8-13/h12-16H,3-11H2,1-2H3. The van der Waals surface area contributed by atoms with E-state index in [2.05, 4.69) is 19.2 Å². The minimum atomic E-state index is 0.500. The lowest BCUT2D eigenvalue weighted by molar-refractivity contribution is -0.00327. The Hall–Kier alpha value is -0.0800. The van der Waals surface area contributed by atoms with Crippen molar-refractivity contribution in [3.8, 4) is 0 Å². The molecule has 1 saturated heterocycles. The average molecular weight is 239 g/mol. The summed E-state index contributed by atoms with van der Waals surface area (Å²) in [7, 11) is 0. The Bertz CT molecular complexity index is 213. The second-order valence-corrected chi connectivity index (χ2v) is 5.98. The van der Waals surface area contributed by atoms with Crippen LogP contribution in [-0.2, 0) is 4.74 Å². The van der Waals surface area contributed by atoms with Crippen molar-refractivity contribution in [1.29, 1.82) is 0 Å². The number of nitrogens with one attached hydrogen (secondary N) is 1.